The van der Waals surface area contributed by atoms with Gasteiger partial charge >= 0.3 is 0 Å². The molecule has 0 saturated carbocycles. The maximum Gasteiger partial charge on any atom is 0.231 e. The highest BCUT2D eigenvalue weighted by atomic mass is 35.5. The van der Waals surface area contributed by atoms with Crippen LogP contribution in [-0.4, -0.2) is 23.6 Å². The van der Waals surface area contributed by atoms with E-state index < -0.39 is 0 Å². The standard InChI is InChI=1S/C22H24N4.ClH/c1-16-17(2)23-22(25(3)20-11-5-4-6-12-20)24-21(16)26-14-13-18-9-7-8-10-19(18)15-26;/h4-12H,13-15H2,1-3H3;1H. The normalized spacial score (nSPS) is 12.9. The third kappa shape index (κ3) is 3.76. The Morgan fingerprint density at radius 3 is 2.30 bits per heavy atom. The highest BCUT2D eigenvalue weighted by molar-refractivity contribution is 5.85. The van der Waals surface area contributed by atoms with Crippen molar-refractivity contribution in [3.05, 3.63) is 77.0 Å². The number of anilines is 3. The van der Waals surface area contributed by atoms with Crippen LogP contribution < -0.4 is 9.80 Å². The van der Waals surface area contributed by atoms with Crippen molar-refractivity contribution in [2.45, 2.75) is 26.8 Å². The molecule has 27 heavy (non-hydrogen) atoms. The van der Waals surface area contributed by atoms with Gasteiger partial charge < -0.3 is 9.80 Å². The Morgan fingerprint density at radius 1 is 0.889 bits per heavy atom. The molecule has 0 aliphatic carbocycles. The zero-order valence-corrected chi connectivity index (χ0v) is 16.8. The molecule has 3 aromatic rings. The largest absolute Gasteiger partial charge is 0.352 e. The first kappa shape index (κ1) is 19.2. The second-order valence-electron chi connectivity index (χ2n) is 6.89. The number of fused-ring (bicyclic) bond motifs is 1. The molecule has 0 unspecified atom stereocenters. The first-order chi connectivity index (χ1) is 12.6. The van der Waals surface area contributed by atoms with Crippen molar-refractivity contribution in [2.24, 2.45) is 0 Å². The van der Waals surface area contributed by atoms with E-state index in [1.54, 1.807) is 0 Å². The minimum Gasteiger partial charge on any atom is -0.352 e. The quantitative estimate of drug-likeness (QED) is 0.650. The van der Waals surface area contributed by atoms with Crippen molar-refractivity contribution in [3.8, 4) is 0 Å². The van der Waals surface area contributed by atoms with Gasteiger partial charge in [0.2, 0.25) is 5.95 Å². The highest BCUT2D eigenvalue weighted by Crippen LogP contribution is 2.29. The molecular formula is C22H25ClN4. The molecule has 2 aromatic carbocycles. The van der Waals surface area contributed by atoms with E-state index in [2.05, 4.69) is 55.1 Å². The van der Waals surface area contributed by atoms with Crippen LogP contribution in [0.1, 0.15) is 22.4 Å². The van der Waals surface area contributed by atoms with Crippen LogP contribution in [0.3, 0.4) is 0 Å². The summed E-state index contributed by atoms with van der Waals surface area (Å²) in [7, 11) is 2.02. The van der Waals surface area contributed by atoms with Crippen molar-refractivity contribution >= 4 is 29.9 Å². The molecule has 0 bridgehead atoms. The summed E-state index contributed by atoms with van der Waals surface area (Å²) in [5.74, 6) is 1.79. The molecule has 0 saturated heterocycles. The number of benzene rings is 2. The van der Waals surface area contributed by atoms with Crippen LogP contribution in [0.5, 0.6) is 0 Å². The number of halogens is 1. The molecule has 0 fully saturated rings. The lowest BCUT2D eigenvalue weighted by atomic mass is 9.99. The van der Waals surface area contributed by atoms with E-state index >= 15 is 0 Å². The number of aryl methyl sites for hydroxylation is 1. The molecule has 1 aliphatic heterocycles. The first-order valence-corrected chi connectivity index (χ1v) is 9.09. The molecule has 0 atom stereocenters. The molecule has 0 N–H and O–H groups in total. The van der Waals surface area contributed by atoms with E-state index in [-0.39, 0.29) is 12.4 Å². The van der Waals surface area contributed by atoms with Gasteiger partial charge in [-0.1, -0.05) is 42.5 Å². The van der Waals surface area contributed by atoms with Crippen LogP contribution in [0.15, 0.2) is 54.6 Å². The van der Waals surface area contributed by atoms with Gasteiger partial charge in [0.15, 0.2) is 0 Å². The molecular weight excluding hydrogens is 356 g/mol. The minimum atomic E-state index is 0. The summed E-state index contributed by atoms with van der Waals surface area (Å²) in [6.07, 6.45) is 1.06. The molecule has 1 aliphatic rings. The predicted octanol–water partition coefficient (Wildman–Crippen LogP) is 4.85. The molecule has 1 aromatic heterocycles. The van der Waals surface area contributed by atoms with Gasteiger partial charge in [-0.3, -0.25) is 0 Å². The van der Waals surface area contributed by atoms with Crippen molar-refractivity contribution in [1.82, 2.24) is 9.97 Å². The van der Waals surface area contributed by atoms with E-state index in [0.29, 0.717) is 0 Å². The van der Waals surface area contributed by atoms with Gasteiger partial charge in [-0.05, 0) is 43.5 Å². The summed E-state index contributed by atoms with van der Waals surface area (Å²) in [5, 5.41) is 0. The van der Waals surface area contributed by atoms with Crippen LogP contribution >= 0.6 is 12.4 Å². The van der Waals surface area contributed by atoms with E-state index in [4.69, 9.17) is 9.97 Å². The Kier molecular flexibility index (Phi) is 5.66. The smallest absolute Gasteiger partial charge is 0.231 e. The van der Waals surface area contributed by atoms with Crippen LogP contribution in [0, 0.1) is 13.8 Å². The van der Waals surface area contributed by atoms with Crippen LogP contribution in [0.25, 0.3) is 0 Å². The molecule has 4 rings (SSSR count). The number of rotatable bonds is 3. The maximum absolute atomic E-state index is 4.95. The molecule has 0 radical (unpaired) electrons. The minimum absolute atomic E-state index is 0. The second-order valence-corrected chi connectivity index (χ2v) is 6.89. The number of aromatic nitrogens is 2. The average molecular weight is 381 g/mol. The maximum atomic E-state index is 4.95. The SMILES string of the molecule is Cc1nc(N(C)c2ccccc2)nc(N2CCc3ccccc3C2)c1C.Cl. The third-order valence-corrected chi connectivity index (χ3v) is 5.23. The van der Waals surface area contributed by atoms with Crippen molar-refractivity contribution in [2.75, 3.05) is 23.4 Å². The summed E-state index contributed by atoms with van der Waals surface area (Å²) in [6, 6.07) is 19.0. The Balaban J connectivity index is 0.00000210. The lowest BCUT2D eigenvalue weighted by Crippen LogP contribution is -2.32. The molecule has 5 heteroatoms. The predicted molar refractivity (Wildman–Crippen MR) is 114 cm³/mol. The lowest BCUT2D eigenvalue weighted by molar-refractivity contribution is 0.714. The Bertz CT molecular complexity index is 927. The van der Waals surface area contributed by atoms with Gasteiger partial charge in [-0.2, -0.15) is 4.98 Å². The Morgan fingerprint density at radius 2 is 1.56 bits per heavy atom. The number of hydrogen-bond donors (Lipinski definition) is 0. The van der Waals surface area contributed by atoms with Gasteiger partial charge in [0.1, 0.15) is 5.82 Å². The van der Waals surface area contributed by atoms with Crippen molar-refractivity contribution in [1.29, 1.82) is 0 Å². The van der Waals surface area contributed by atoms with E-state index in [1.807, 2.05) is 30.1 Å². The van der Waals surface area contributed by atoms with Gasteiger partial charge in [0.05, 0.1) is 0 Å². The fraction of sp³-hybridized carbons (Fsp3) is 0.273. The van der Waals surface area contributed by atoms with Crippen LogP contribution in [0.4, 0.5) is 17.5 Å². The van der Waals surface area contributed by atoms with Crippen molar-refractivity contribution in [3.63, 3.8) is 0 Å². The number of para-hydroxylation sites is 1. The Labute approximate surface area is 167 Å². The summed E-state index contributed by atoms with van der Waals surface area (Å²) in [4.78, 5) is 14.1. The number of hydrogen-bond acceptors (Lipinski definition) is 4. The molecule has 4 nitrogen and oxygen atoms in total. The number of nitrogens with zero attached hydrogens (tertiary/aromatic N) is 4. The zero-order valence-electron chi connectivity index (χ0n) is 16.0. The van der Waals surface area contributed by atoms with Gasteiger partial charge in [-0.15, -0.1) is 12.4 Å². The van der Waals surface area contributed by atoms with E-state index in [0.717, 1.165) is 48.2 Å². The fourth-order valence-electron chi connectivity index (χ4n) is 3.50. The molecule has 140 valence electrons. The van der Waals surface area contributed by atoms with Gasteiger partial charge in [0.25, 0.3) is 0 Å². The van der Waals surface area contributed by atoms with Gasteiger partial charge in [0, 0.05) is 37.1 Å². The fourth-order valence-corrected chi connectivity index (χ4v) is 3.50. The van der Waals surface area contributed by atoms with Gasteiger partial charge in [-0.25, -0.2) is 4.98 Å². The topological polar surface area (TPSA) is 32.3 Å². The van der Waals surface area contributed by atoms with Crippen LogP contribution in [-0.2, 0) is 13.0 Å². The third-order valence-electron chi connectivity index (χ3n) is 5.23. The summed E-state index contributed by atoms with van der Waals surface area (Å²) in [5.41, 5.74) is 6.13. The van der Waals surface area contributed by atoms with E-state index in [9.17, 15) is 0 Å². The summed E-state index contributed by atoms with van der Waals surface area (Å²) < 4.78 is 0. The zero-order chi connectivity index (χ0) is 18.1. The lowest BCUT2D eigenvalue weighted by Gasteiger charge is -2.32. The molecule has 0 amide bonds. The summed E-state index contributed by atoms with van der Waals surface area (Å²) >= 11 is 0. The first-order valence-electron chi connectivity index (χ1n) is 9.09. The van der Waals surface area contributed by atoms with Crippen molar-refractivity contribution < 1.29 is 0 Å². The van der Waals surface area contributed by atoms with Crippen LogP contribution in [0.2, 0.25) is 0 Å². The summed E-state index contributed by atoms with van der Waals surface area (Å²) in [6.45, 7) is 6.09. The second kappa shape index (κ2) is 7.97. The Hall–Kier alpha value is -2.59. The molecule has 0 spiro atoms. The molecule has 2 heterocycles. The average Bonchev–Trinajstić information content (AvgIpc) is 2.69. The highest BCUT2D eigenvalue weighted by Gasteiger charge is 2.21. The van der Waals surface area contributed by atoms with E-state index in [1.165, 1.54) is 11.1 Å². The monoisotopic (exact) mass is 380 g/mol.